The molecule has 0 radical (unpaired) electrons. The molecule has 21 heavy (non-hydrogen) atoms. The van der Waals surface area contributed by atoms with Crippen LogP contribution in [0.1, 0.15) is 28.2 Å². The predicted molar refractivity (Wildman–Crippen MR) is 76.4 cm³/mol. The molecular weight excluding hydrogens is 267 g/mol. The van der Waals surface area contributed by atoms with Crippen molar-refractivity contribution in [3.8, 4) is 6.07 Å². The normalized spacial score (nSPS) is 10.8. The van der Waals surface area contributed by atoms with E-state index in [2.05, 4.69) is 9.97 Å². The first-order valence-electron chi connectivity index (χ1n) is 6.58. The third-order valence-corrected chi connectivity index (χ3v) is 3.63. The average molecular weight is 280 g/mol. The molecule has 3 rings (SSSR count). The van der Waals surface area contributed by atoms with E-state index in [9.17, 15) is 4.39 Å². The van der Waals surface area contributed by atoms with Crippen LogP contribution in [0.4, 0.5) is 4.39 Å². The molecule has 0 aliphatic rings. The van der Waals surface area contributed by atoms with Gasteiger partial charge in [-0.3, -0.25) is 4.40 Å². The smallest absolute Gasteiger partial charge is 0.185 e. The Morgan fingerprint density at radius 2 is 2.14 bits per heavy atom. The van der Waals surface area contributed by atoms with Crippen LogP contribution in [0, 0.1) is 31.0 Å². The number of imidazole rings is 1. The number of fused-ring (bicyclic) bond motifs is 1. The summed E-state index contributed by atoms with van der Waals surface area (Å²) in [5.74, 6) is -0.244. The van der Waals surface area contributed by atoms with Crippen LogP contribution in [0.3, 0.4) is 0 Å². The van der Waals surface area contributed by atoms with Crippen molar-refractivity contribution in [3.63, 3.8) is 0 Å². The van der Waals surface area contributed by atoms with Gasteiger partial charge in [-0.2, -0.15) is 5.26 Å². The fraction of sp³-hybridized carbons (Fsp3) is 0.188. The minimum absolute atomic E-state index is 0.244. The first-order valence-corrected chi connectivity index (χ1v) is 6.58. The van der Waals surface area contributed by atoms with E-state index in [1.807, 2.05) is 26.0 Å². The Balaban J connectivity index is 2.13. The van der Waals surface area contributed by atoms with Gasteiger partial charge in [-0.05, 0) is 37.1 Å². The van der Waals surface area contributed by atoms with E-state index in [1.54, 1.807) is 16.8 Å². The van der Waals surface area contributed by atoms with Crippen LogP contribution in [-0.4, -0.2) is 14.4 Å². The Bertz CT molecular complexity index is 874. The number of hydrogen-bond acceptors (Lipinski definition) is 3. The van der Waals surface area contributed by atoms with Gasteiger partial charge in [-0.1, -0.05) is 12.1 Å². The van der Waals surface area contributed by atoms with Crippen molar-refractivity contribution in [2.45, 2.75) is 20.3 Å². The molecule has 0 unspecified atom stereocenters. The van der Waals surface area contributed by atoms with Gasteiger partial charge < -0.3 is 0 Å². The molecule has 0 bridgehead atoms. The van der Waals surface area contributed by atoms with E-state index >= 15 is 0 Å². The number of aromatic nitrogens is 3. The van der Waals surface area contributed by atoms with Crippen LogP contribution in [0.25, 0.3) is 5.65 Å². The fourth-order valence-electron chi connectivity index (χ4n) is 2.51. The molecule has 1 aromatic carbocycles. The number of benzene rings is 1. The van der Waals surface area contributed by atoms with Gasteiger partial charge in [0.1, 0.15) is 18.2 Å². The molecule has 0 fully saturated rings. The summed E-state index contributed by atoms with van der Waals surface area (Å²) in [7, 11) is 0. The zero-order chi connectivity index (χ0) is 15.0. The highest BCUT2D eigenvalue weighted by Gasteiger charge is 2.13. The van der Waals surface area contributed by atoms with E-state index in [1.165, 1.54) is 12.1 Å². The second kappa shape index (κ2) is 4.98. The van der Waals surface area contributed by atoms with Crippen LogP contribution in [0.15, 0.2) is 30.6 Å². The lowest BCUT2D eigenvalue weighted by atomic mass is 10.0. The Hall–Kier alpha value is -2.74. The monoisotopic (exact) mass is 280 g/mol. The van der Waals surface area contributed by atoms with Crippen LogP contribution in [0.5, 0.6) is 0 Å². The lowest BCUT2D eigenvalue weighted by Crippen LogP contribution is -2.05. The van der Waals surface area contributed by atoms with Crippen molar-refractivity contribution in [1.29, 1.82) is 5.26 Å². The Morgan fingerprint density at radius 3 is 2.86 bits per heavy atom. The molecule has 4 nitrogen and oxygen atoms in total. The zero-order valence-corrected chi connectivity index (χ0v) is 11.8. The highest BCUT2D eigenvalue weighted by molar-refractivity contribution is 5.54. The van der Waals surface area contributed by atoms with Gasteiger partial charge in [-0.25, -0.2) is 14.4 Å². The van der Waals surface area contributed by atoms with Gasteiger partial charge in [0, 0.05) is 17.8 Å². The molecule has 2 aromatic heterocycles. The molecule has 0 aliphatic heterocycles. The molecule has 5 heteroatoms. The molecule has 0 amide bonds. The summed E-state index contributed by atoms with van der Waals surface area (Å²) in [4.78, 5) is 8.53. The third kappa shape index (κ3) is 2.25. The SMILES string of the molecule is Cc1nc2c(C#N)ncn2c(C)c1Cc1cccc(F)c1. The summed E-state index contributed by atoms with van der Waals surface area (Å²) in [5.41, 5.74) is 4.60. The predicted octanol–water partition coefficient (Wildman–Crippen LogP) is 2.95. The Kier molecular flexibility index (Phi) is 3.15. The highest BCUT2D eigenvalue weighted by Crippen LogP contribution is 2.20. The van der Waals surface area contributed by atoms with Crippen molar-refractivity contribution < 1.29 is 4.39 Å². The van der Waals surface area contributed by atoms with Crippen LogP contribution in [-0.2, 0) is 6.42 Å². The van der Waals surface area contributed by atoms with Crippen LogP contribution in [0.2, 0.25) is 0 Å². The molecule has 2 heterocycles. The van der Waals surface area contributed by atoms with E-state index in [4.69, 9.17) is 5.26 Å². The lowest BCUT2D eigenvalue weighted by Gasteiger charge is -2.11. The summed E-state index contributed by atoms with van der Waals surface area (Å²) in [5, 5.41) is 9.03. The molecule has 3 aromatic rings. The number of halogens is 1. The van der Waals surface area contributed by atoms with Gasteiger partial charge >= 0.3 is 0 Å². The summed E-state index contributed by atoms with van der Waals surface area (Å²) in [6.07, 6.45) is 2.20. The summed E-state index contributed by atoms with van der Waals surface area (Å²) in [6.45, 7) is 3.86. The van der Waals surface area contributed by atoms with Gasteiger partial charge in [0.05, 0.1) is 0 Å². The second-order valence-corrected chi connectivity index (χ2v) is 4.97. The summed E-state index contributed by atoms with van der Waals surface area (Å²) >= 11 is 0. The quantitative estimate of drug-likeness (QED) is 0.725. The minimum Gasteiger partial charge on any atom is -0.286 e. The number of nitrogens with zero attached hydrogens (tertiary/aromatic N) is 4. The van der Waals surface area contributed by atoms with E-state index in [0.29, 0.717) is 17.8 Å². The minimum atomic E-state index is -0.244. The van der Waals surface area contributed by atoms with Crippen molar-refractivity contribution in [2.75, 3.05) is 0 Å². The number of hydrogen-bond donors (Lipinski definition) is 0. The van der Waals surface area contributed by atoms with Gasteiger partial charge in [0.25, 0.3) is 0 Å². The van der Waals surface area contributed by atoms with Crippen LogP contribution >= 0.6 is 0 Å². The molecule has 0 N–H and O–H groups in total. The Labute approximate surface area is 121 Å². The first kappa shape index (κ1) is 13.3. The summed E-state index contributed by atoms with van der Waals surface area (Å²) in [6, 6.07) is 8.58. The molecule has 0 saturated carbocycles. The third-order valence-electron chi connectivity index (χ3n) is 3.63. The molecule has 0 atom stereocenters. The van der Waals surface area contributed by atoms with Crippen molar-refractivity contribution >= 4 is 5.65 Å². The number of nitriles is 1. The average Bonchev–Trinajstić information content (AvgIpc) is 2.86. The van der Waals surface area contributed by atoms with E-state index < -0.39 is 0 Å². The molecular formula is C16H13FN4. The largest absolute Gasteiger partial charge is 0.286 e. The van der Waals surface area contributed by atoms with Crippen molar-refractivity contribution in [3.05, 3.63) is 64.6 Å². The van der Waals surface area contributed by atoms with E-state index in [-0.39, 0.29) is 5.82 Å². The van der Waals surface area contributed by atoms with Crippen LogP contribution < -0.4 is 0 Å². The first-order chi connectivity index (χ1) is 10.1. The van der Waals surface area contributed by atoms with Crippen molar-refractivity contribution in [1.82, 2.24) is 14.4 Å². The Morgan fingerprint density at radius 1 is 1.33 bits per heavy atom. The van der Waals surface area contributed by atoms with E-state index in [0.717, 1.165) is 22.5 Å². The fourth-order valence-corrected chi connectivity index (χ4v) is 2.51. The maximum atomic E-state index is 13.3. The van der Waals surface area contributed by atoms with Crippen molar-refractivity contribution in [2.24, 2.45) is 0 Å². The molecule has 104 valence electrons. The molecule has 0 spiro atoms. The van der Waals surface area contributed by atoms with Gasteiger partial charge in [-0.15, -0.1) is 0 Å². The number of rotatable bonds is 2. The standard InChI is InChI=1S/C16H13FN4/c1-10-14(7-12-4-3-5-13(17)6-12)11(2)21-9-19-15(8-18)16(21)20-10/h3-6,9H,7H2,1-2H3. The highest BCUT2D eigenvalue weighted by atomic mass is 19.1. The zero-order valence-electron chi connectivity index (χ0n) is 11.8. The maximum Gasteiger partial charge on any atom is 0.185 e. The molecule has 0 aliphatic carbocycles. The number of aryl methyl sites for hydroxylation is 2. The summed E-state index contributed by atoms with van der Waals surface area (Å²) < 4.78 is 15.1. The second-order valence-electron chi connectivity index (χ2n) is 4.97. The topological polar surface area (TPSA) is 54.0 Å². The lowest BCUT2D eigenvalue weighted by molar-refractivity contribution is 0.626. The maximum absolute atomic E-state index is 13.3. The van der Waals surface area contributed by atoms with Gasteiger partial charge in [0.2, 0.25) is 0 Å². The molecule has 0 saturated heterocycles. The van der Waals surface area contributed by atoms with Gasteiger partial charge in [0.15, 0.2) is 11.3 Å².